The van der Waals surface area contributed by atoms with Crippen LogP contribution in [0, 0.1) is 11.7 Å². The smallest absolute Gasteiger partial charge is 0.223 e. The van der Waals surface area contributed by atoms with Crippen LogP contribution >= 0.6 is 0 Å². The van der Waals surface area contributed by atoms with Gasteiger partial charge in [0.15, 0.2) is 0 Å². The van der Waals surface area contributed by atoms with E-state index in [1.165, 1.54) is 12.1 Å². The molecule has 1 aromatic rings. The second kappa shape index (κ2) is 4.91. The molecule has 2 nitrogen and oxygen atoms in total. The fourth-order valence-electron chi connectivity index (χ4n) is 1.21. The van der Waals surface area contributed by atoms with Gasteiger partial charge in [0.1, 0.15) is 5.82 Å². The van der Waals surface area contributed by atoms with Crippen LogP contribution in [0.3, 0.4) is 0 Å². The lowest BCUT2D eigenvalue weighted by Crippen LogP contribution is -2.30. The molecular formula is C12H16FNO. The van der Waals surface area contributed by atoms with Crippen LogP contribution in [0.1, 0.15) is 32.4 Å². The lowest BCUT2D eigenvalue weighted by atomic mass is 10.1. The summed E-state index contributed by atoms with van der Waals surface area (Å²) in [4.78, 5) is 11.4. The molecule has 0 fully saturated rings. The Hall–Kier alpha value is -1.38. The van der Waals surface area contributed by atoms with Gasteiger partial charge in [0.05, 0.1) is 6.04 Å². The molecule has 0 aromatic heterocycles. The van der Waals surface area contributed by atoms with Crippen LogP contribution in [0.2, 0.25) is 0 Å². The van der Waals surface area contributed by atoms with Crippen LogP contribution in [-0.2, 0) is 4.79 Å². The Kier molecular flexibility index (Phi) is 3.83. The zero-order chi connectivity index (χ0) is 11.4. The largest absolute Gasteiger partial charge is 0.349 e. The van der Waals surface area contributed by atoms with Crippen molar-refractivity contribution >= 4 is 5.91 Å². The van der Waals surface area contributed by atoms with Crippen molar-refractivity contribution in [2.24, 2.45) is 5.92 Å². The lowest BCUT2D eigenvalue weighted by molar-refractivity contribution is -0.124. The van der Waals surface area contributed by atoms with E-state index in [1.54, 1.807) is 12.1 Å². The second-order valence-corrected chi connectivity index (χ2v) is 3.94. The molecule has 0 aliphatic heterocycles. The topological polar surface area (TPSA) is 29.1 Å². The van der Waals surface area contributed by atoms with Crippen LogP contribution in [0.5, 0.6) is 0 Å². The van der Waals surface area contributed by atoms with Crippen molar-refractivity contribution in [1.29, 1.82) is 0 Å². The average Bonchev–Trinajstić information content (AvgIpc) is 2.18. The Bertz CT molecular complexity index is 332. The number of rotatable bonds is 3. The summed E-state index contributed by atoms with van der Waals surface area (Å²) in [7, 11) is 0. The van der Waals surface area contributed by atoms with E-state index in [0.29, 0.717) is 0 Å². The van der Waals surface area contributed by atoms with Crippen LogP contribution in [0.25, 0.3) is 0 Å². The molecule has 82 valence electrons. The third-order valence-corrected chi connectivity index (χ3v) is 2.25. The van der Waals surface area contributed by atoms with Gasteiger partial charge in [0.25, 0.3) is 0 Å². The molecule has 0 bridgehead atoms. The number of carbonyl (C=O) groups excluding carboxylic acids is 1. The number of nitrogens with one attached hydrogen (secondary N) is 1. The van der Waals surface area contributed by atoms with E-state index in [-0.39, 0.29) is 23.7 Å². The van der Waals surface area contributed by atoms with E-state index in [1.807, 2.05) is 20.8 Å². The Morgan fingerprint density at radius 2 is 1.73 bits per heavy atom. The fraction of sp³-hybridized carbons (Fsp3) is 0.417. The van der Waals surface area contributed by atoms with Crippen LogP contribution in [-0.4, -0.2) is 5.91 Å². The average molecular weight is 209 g/mol. The first kappa shape index (κ1) is 11.7. The normalized spacial score (nSPS) is 12.6. The minimum Gasteiger partial charge on any atom is -0.349 e. The Balaban J connectivity index is 2.65. The highest BCUT2D eigenvalue weighted by Crippen LogP contribution is 2.13. The minimum atomic E-state index is -0.263. The molecule has 1 unspecified atom stereocenters. The van der Waals surface area contributed by atoms with Crippen molar-refractivity contribution in [3.05, 3.63) is 35.6 Å². The number of halogens is 1. The van der Waals surface area contributed by atoms with Crippen molar-refractivity contribution in [3.63, 3.8) is 0 Å². The van der Waals surface area contributed by atoms with Crippen molar-refractivity contribution in [2.45, 2.75) is 26.8 Å². The van der Waals surface area contributed by atoms with Gasteiger partial charge in [-0.1, -0.05) is 26.0 Å². The summed E-state index contributed by atoms with van der Waals surface area (Å²) < 4.78 is 12.7. The summed E-state index contributed by atoms with van der Waals surface area (Å²) in [5.74, 6) is -0.291. The van der Waals surface area contributed by atoms with Gasteiger partial charge in [-0.05, 0) is 24.6 Å². The van der Waals surface area contributed by atoms with Crippen molar-refractivity contribution in [2.75, 3.05) is 0 Å². The molecule has 3 heteroatoms. The molecule has 15 heavy (non-hydrogen) atoms. The molecule has 0 aliphatic carbocycles. The summed E-state index contributed by atoms with van der Waals surface area (Å²) in [5.41, 5.74) is 0.908. The summed E-state index contributed by atoms with van der Waals surface area (Å²) in [6.45, 7) is 5.56. The Morgan fingerprint density at radius 1 is 1.20 bits per heavy atom. The van der Waals surface area contributed by atoms with Gasteiger partial charge in [-0.25, -0.2) is 4.39 Å². The summed E-state index contributed by atoms with van der Waals surface area (Å²) in [6.07, 6.45) is 0. The highest BCUT2D eigenvalue weighted by molar-refractivity contribution is 5.78. The first-order chi connectivity index (χ1) is 7.00. The molecule has 1 N–H and O–H groups in total. The SMILES string of the molecule is CC(C)C(=O)NC(C)c1ccc(F)cc1. The number of amides is 1. The highest BCUT2D eigenvalue weighted by atomic mass is 19.1. The first-order valence-electron chi connectivity index (χ1n) is 5.06. The van der Waals surface area contributed by atoms with Gasteiger partial charge in [-0.3, -0.25) is 4.79 Å². The van der Waals surface area contributed by atoms with Crippen molar-refractivity contribution in [1.82, 2.24) is 5.32 Å². The zero-order valence-corrected chi connectivity index (χ0v) is 9.25. The van der Waals surface area contributed by atoms with E-state index in [4.69, 9.17) is 0 Å². The van der Waals surface area contributed by atoms with Gasteiger partial charge in [0.2, 0.25) is 5.91 Å². The van der Waals surface area contributed by atoms with Crippen LogP contribution in [0.4, 0.5) is 4.39 Å². The highest BCUT2D eigenvalue weighted by Gasteiger charge is 2.11. The second-order valence-electron chi connectivity index (χ2n) is 3.94. The predicted molar refractivity (Wildman–Crippen MR) is 57.8 cm³/mol. The van der Waals surface area contributed by atoms with E-state index in [9.17, 15) is 9.18 Å². The minimum absolute atomic E-state index is 0.00632. The van der Waals surface area contributed by atoms with Gasteiger partial charge in [0, 0.05) is 5.92 Å². The number of carbonyl (C=O) groups is 1. The summed E-state index contributed by atoms with van der Waals surface area (Å²) >= 11 is 0. The monoisotopic (exact) mass is 209 g/mol. The maximum absolute atomic E-state index is 12.7. The van der Waals surface area contributed by atoms with E-state index < -0.39 is 0 Å². The molecule has 1 atom stereocenters. The van der Waals surface area contributed by atoms with Gasteiger partial charge in [-0.2, -0.15) is 0 Å². The molecule has 1 rings (SSSR count). The Labute approximate surface area is 89.5 Å². The zero-order valence-electron chi connectivity index (χ0n) is 9.25. The first-order valence-corrected chi connectivity index (χ1v) is 5.06. The van der Waals surface area contributed by atoms with E-state index in [0.717, 1.165) is 5.56 Å². The number of hydrogen-bond donors (Lipinski definition) is 1. The third-order valence-electron chi connectivity index (χ3n) is 2.25. The van der Waals surface area contributed by atoms with E-state index in [2.05, 4.69) is 5.32 Å². The predicted octanol–water partition coefficient (Wildman–Crippen LogP) is 2.66. The quantitative estimate of drug-likeness (QED) is 0.814. The fourth-order valence-corrected chi connectivity index (χ4v) is 1.21. The molecule has 0 spiro atoms. The molecule has 0 aliphatic rings. The number of hydrogen-bond acceptors (Lipinski definition) is 1. The molecule has 0 radical (unpaired) electrons. The standard InChI is InChI=1S/C12H16FNO/c1-8(2)12(15)14-9(3)10-4-6-11(13)7-5-10/h4-9H,1-3H3,(H,14,15). The molecule has 0 saturated carbocycles. The van der Waals surface area contributed by atoms with E-state index >= 15 is 0 Å². The molecule has 0 heterocycles. The van der Waals surface area contributed by atoms with Crippen LogP contribution in [0.15, 0.2) is 24.3 Å². The van der Waals surface area contributed by atoms with Gasteiger partial charge >= 0.3 is 0 Å². The summed E-state index contributed by atoms with van der Waals surface area (Å²) in [5, 5.41) is 2.85. The summed E-state index contributed by atoms with van der Waals surface area (Å²) in [6, 6.07) is 6.07. The van der Waals surface area contributed by atoms with Gasteiger partial charge < -0.3 is 5.32 Å². The molecule has 1 aromatic carbocycles. The van der Waals surface area contributed by atoms with Gasteiger partial charge in [-0.15, -0.1) is 0 Å². The third kappa shape index (κ3) is 3.35. The maximum Gasteiger partial charge on any atom is 0.223 e. The maximum atomic E-state index is 12.7. The molecule has 0 saturated heterocycles. The molecular weight excluding hydrogens is 193 g/mol. The lowest BCUT2D eigenvalue weighted by Gasteiger charge is -2.15. The van der Waals surface area contributed by atoms with Crippen molar-refractivity contribution in [3.8, 4) is 0 Å². The van der Waals surface area contributed by atoms with Crippen LogP contribution < -0.4 is 5.32 Å². The Morgan fingerprint density at radius 3 is 2.20 bits per heavy atom. The number of benzene rings is 1. The molecule has 1 amide bonds. The van der Waals surface area contributed by atoms with Crippen molar-refractivity contribution < 1.29 is 9.18 Å².